The van der Waals surface area contributed by atoms with Gasteiger partial charge in [-0.15, -0.1) is 47.0 Å². The number of benzene rings is 2. The van der Waals surface area contributed by atoms with Crippen LogP contribution in [0.1, 0.15) is 55.4 Å². The lowest BCUT2D eigenvalue weighted by atomic mass is 10.3. The quantitative estimate of drug-likeness (QED) is 0.225. The van der Waals surface area contributed by atoms with Gasteiger partial charge in [-0.2, -0.15) is 0 Å². The Bertz CT molecular complexity index is 695. The second-order valence-corrected chi connectivity index (χ2v) is 14.9. The van der Waals surface area contributed by atoms with Crippen LogP contribution in [0.25, 0.3) is 0 Å². The van der Waals surface area contributed by atoms with Gasteiger partial charge >= 0.3 is 0 Å². The Kier molecular flexibility index (Phi) is 11.4. The molecule has 0 amide bonds. The summed E-state index contributed by atoms with van der Waals surface area (Å²) in [6.45, 7) is 18.7. The molecule has 0 unspecified atom stereocenters. The minimum atomic E-state index is 0.546. The molecule has 0 saturated carbocycles. The van der Waals surface area contributed by atoms with Crippen molar-refractivity contribution in [3.63, 3.8) is 0 Å². The molecule has 0 fully saturated rings. The van der Waals surface area contributed by atoms with E-state index in [9.17, 15) is 0 Å². The normalized spacial score (nSPS) is 11.7. The minimum Gasteiger partial charge on any atom is -0.366 e. The van der Waals surface area contributed by atoms with E-state index >= 15 is 0 Å². The van der Waals surface area contributed by atoms with Crippen molar-refractivity contribution in [3.8, 4) is 0 Å². The molecule has 0 saturated heterocycles. The fourth-order valence-corrected chi connectivity index (χ4v) is 6.99. The number of hydrogen-bond donors (Lipinski definition) is 2. The zero-order valence-corrected chi connectivity index (χ0v) is 23.4. The average molecular weight is 495 g/mol. The summed E-state index contributed by atoms with van der Waals surface area (Å²) in [6.07, 6.45) is 0. The summed E-state index contributed by atoms with van der Waals surface area (Å²) in [5, 5.41) is 9.65. The first kappa shape index (κ1) is 26.7. The molecule has 2 N–H and O–H groups in total. The first-order valence-corrected chi connectivity index (χ1v) is 14.6. The van der Waals surface area contributed by atoms with Crippen molar-refractivity contribution in [2.24, 2.45) is 0 Å². The number of para-hydroxylation sites is 2. The molecule has 0 aliphatic heterocycles. The fourth-order valence-electron chi connectivity index (χ4n) is 3.00. The maximum atomic E-state index is 3.73. The molecule has 0 heterocycles. The third-order valence-electron chi connectivity index (χ3n) is 3.96. The lowest BCUT2D eigenvalue weighted by Crippen LogP contribution is -2.15. The van der Waals surface area contributed by atoms with Gasteiger partial charge in [0.15, 0.2) is 0 Å². The first-order chi connectivity index (χ1) is 14.7. The molecule has 6 heteroatoms. The molecule has 172 valence electrons. The highest BCUT2D eigenvalue weighted by molar-refractivity contribution is 8.01. The molecule has 0 aliphatic carbocycles. The van der Waals surface area contributed by atoms with Crippen LogP contribution in [0.4, 0.5) is 11.4 Å². The molecule has 31 heavy (non-hydrogen) atoms. The molecule has 2 rings (SSSR count). The van der Waals surface area contributed by atoms with Gasteiger partial charge in [-0.05, 0) is 24.3 Å². The molecule has 0 radical (unpaired) electrons. The number of rotatable bonds is 12. The van der Waals surface area contributed by atoms with Gasteiger partial charge in [-0.3, -0.25) is 0 Å². The van der Waals surface area contributed by atoms with Crippen LogP contribution in [0.3, 0.4) is 0 Å². The number of thioether (sulfide) groups is 4. The largest absolute Gasteiger partial charge is 0.366 e. The van der Waals surface area contributed by atoms with Crippen molar-refractivity contribution < 1.29 is 0 Å². The van der Waals surface area contributed by atoms with Crippen molar-refractivity contribution in [1.29, 1.82) is 0 Å². The van der Waals surface area contributed by atoms with Crippen molar-refractivity contribution in [2.75, 3.05) is 17.3 Å². The highest BCUT2D eigenvalue weighted by Crippen LogP contribution is 2.41. The zero-order chi connectivity index (χ0) is 23.0. The Hall–Kier alpha value is -0.560. The van der Waals surface area contributed by atoms with E-state index in [0.29, 0.717) is 27.7 Å². The summed E-state index contributed by atoms with van der Waals surface area (Å²) in [4.78, 5) is 5.29. The van der Waals surface area contributed by atoms with Crippen LogP contribution in [-0.4, -0.2) is 27.7 Å². The summed E-state index contributed by atoms with van der Waals surface area (Å²) in [5.74, 6) is 0. The highest BCUT2D eigenvalue weighted by atomic mass is 32.2. The standard InChI is InChI=1S/C25H38N2S4/c1-16(2)28-20-11-9-12-21(29-17(3)4)24(20)26-15-27-25-22(30-18(5)6)13-10-14-23(25)31-19(7)8/h9-14,16-19,26-27H,15H2,1-8H3. The monoisotopic (exact) mass is 494 g/mol. The third kappa shape index (κ3) is 9.07. The molecular formula is C25H38N2S4. The fraction of sp³-hybridized carbons (Fsp3) is 0.520. The lowest BCUT2D eigenvalue weighted by molar-refractivity contribution is 1.08. The molecule has 0 bridgehead atoms. The molecule has 0 spiro atoms. The Labute approximate surface area is 207 Å². The molecular weight excluding hydrogens is 457 g/mol. The van der Waals surface area contributed by atoms with Crippen LogP contribution in [0.15, 0.2) is 56.0 Å². The van der Waals surface area contributed by atoms with Gasteiger partial charge in [0.25, 0.3) is 0 Å². The third-order valence-corrected chi connectivity index (χ3v) is 8.22. The summed E-state index contributed by atoms with van der Waals surface area (Å²) in [7, 11) is 0. The van der Waals surface area contributed by atoms with Crippen LogP contribution >= 0.6 is 47.0 Å². The Morgan fingerprint density at radius 3 is 1.00 bits per heavy atom. The molecule has 2 aromatic carbocycles. The first-order valence-electron chi connectivity index (χ1n) is 11.1. The van der Waals surface area contributed by atoms with E-state index in [4.69, 9.17) is 0 Å². The van der Waals surface area contributed by atoms with Gasteiger partial charge < -0.3 is 10.6 Å². The van der Waals surface area contributed by atoms with E-state index < -0.39 is 0 Å². The highest BCUT2D eigenvalue weighted by Gasteiger charge is 2.15. The molecule has 0 aliphatic rings. The van der Waals surface area contributed by atoms with Crippen LogP contribution in [-0.2, 0) is 0 Å². The van der Waals surface area contributed by atoms with Crippen LogP contribution in [0, 0.1) is 0 Å². The predicted octanol–water partition coefficient (Wildman–Crippen LogP) is 9.17. The van der Waals surface area contributed by atoms with Crippen LogP contribution in [0.2, 0.25) is 0 Å². The maximum absolute atomic E-state index is 3.73. The summed E-state index contributed by atoms with van der Waals surface area (Å²) < 4.78 is 0. The van der Waals surface area contributed by atoms with E-state index in [-0.39, 0.29) is 0 Å². The molecule has 0 atom stereocenters. The minimum absolute atomic E-state index is 0.546. The van der Waals surface area contributed by atoms with Gasteiger partial charge in [-0.1, -0.05) is 67.5 Å². The number of nitrogens with one attached hydrogen (secondary N) is 2. The van der Waals surface area contributed by atoms with E-state index in [0.717, 1.165) is 0 Å². The van der Waals surface area contributed by atoms with E-state index in [1.165, 1.54) is 31.0 Å². The molecule has 0 aromatic heterocycles. The van der Waals surface area contributed by atoms with Gasteiger partial charge in [0, 0.05) is 40.6 Å². The van der Waals surface area contributed by atoms with Crippen molar-refractivity contribution in [3.05, 3.63) is 36.4 Å². The summed E-state index contributed by atoms with van der Waals surface area (Å²) in [5.41, 5.74) is 2.50. The van der Waals surface area contributed by atoms with Gasteiger partial charge in [0.05, 0.1) is 18.0 Å². The van der Waals surface area contributed by atoms with E-state index in [1.54, 1.807) is 0 Å². The second kappa shape index (κ2) is 13.2. The van der Waals surface area contributed by atoms with Crippen molar-refractivity contribution >= 4 is 58.4 Å². The molecule has 2 aromatic rings. The number of hydrogen-bond acceptors (Lipinski definition) is 6. The average Bonchev–Trinajstić information content (AvgIpc) is 2.63. The smallest absolute Gasteiger partial charge is 0.0850 e. The number of anilines is 2. The van der Waals surface area contributed by atoms with E-state index in [1.807, 2.05) is 47.0 Å². The van der Waals surface area contributed by atoms with Crippen LogP contribution in [0.5, 0.6) is 0 Å². The molecule has 2 nitrogen and oxygen atoms in total. The Morgan fingerprint density at radius 2 is 0.774 bits per heavy atom. The van der Waals surface area contributed by atoms with Gasteiger partial charge in [0.2, 0.25) is 0 Å². The Balaban J connectivity index is 2.27. The predicted molar refractivity (Wildman–Crippen MR) is 149 cm³/mol. The van der Waals surface area contributed by atoms with Crippen LogP contribution < -0.4 is 10.6 Å². The summed E-state index contributed by atoms with van der Waals surface area (Å²) >= 11 is 7.70. The van der Waals surface area contributed by atoms with E-state index in [2.05, 4.69) is 102 Å². The van der Waals surface area contributed by atoms with Crippen molar-refractivity contribution in [1.82, 2.24) is 0 Å². The summed E-state index contributed by atoms with van der Waals surface area (Å²) in [6, 6.07) is 13.3. The topological polar surface area (TPSA) is 24.1 Å². The second-order valence-electron chi connectivity index (χ2n) is 8.46. The zero-order valence-electron chi connectivity index (χ0n) is 20.1. The van der Waals surface area contributed by atoms with Gasteiger partial charge in [0.1, 0.15) is 0 Å². The lowest BCUT2D eigenvalue weighted by Gasteiger charge is -2.21. The van der Waals surface area contributed by atoms with Crippen molar-refractivity contribution in [2.45, 2.75) is 96.0 Å². The van der Waals surface area contributed by atoms with Gasteiger partial charge in [-0.25, -0.2) is 0 Å². The maximum Gasteiger partial charge on any atom is 0.0850 e. The Morgan fingerprint density at radius 1 is 0.516 bits per heavy atom. The SMILES string of the molecule is CC(C)Sc1cccc(SC(C)C)c1NCNc1c(SC(C)C)cccc1SC(C)C.